The number of nitrogens with one attached hydrogen (secondary N) is 1. The Hall–Kier alpha value is -2.93. The van der Waals surface area contributed by atoms with Crippen molar-refractivity contribution in [2.45, 2.75) is 39.2 Å². The number of aryl methyl sites for hydroxylation is 2. The molecule has 0 saturated carbocycles. The molecule has 0 aliphatic carbocycles. The molecule has 0 bridgehead atoms. The average Bonchev–Trinajstić information content (AvgIpc) is 3.35. The molecule has 1 aliphatic heterocycles. The van der Waals surface area contributed by atoms with Crippen molar-refractivity contribution in [1.29, 1.82) is 0 Å². The van der Waals surface area contributed by atoms with E-state index < -0.39 is 0 Å². The molecular weight excluding hydrogens is 356 g/mol. The van der Waals surface area contributed by atoms with Crippen molar-refractivity contribution < 1.29 is 14.4 Å². The van der Waals surface area contributed by atoms with Gasteiger partial charge in [0.2, 0.25) is 0 Å². The summed E-state index contributed by atoms with van der Waals surface area (Å²) in [5.74, 6) is 0.457. The first-order valence-corrected chi connectivity index (χ1v) is 9.54. The second-order valence-corrected chi connectivity index (χ2v) is 7.38. The highest BCUT2D eigenvalue weighted by molar-refractivity contribution is 5.94. The number of benzene rings is 1. The van der Waals surface area contributed by atoms with Crippen LogP contribution in [0.1, 0.15) is 51.8 Å². The number of carbonyl (C=O) groups is 1. The minimum Gasteiger partial charge on any atom is -0.391 e. The van der Waals surface area contributed by atoms with E-state index in [0.717, 1.165) is 29.7 Å². The third kappa shape index (κ3) is 3.33. The smallest absolute Gasteiger partial charge is 0.276 e. The van der Waals surface area contributed by atoms with E-state index in [1.165, 1.54) is 5.56 Å². The van der Waals surface area contributed by atoms with Gasteiger partial charge in [-0.05, 0) is 32.3 Å². The topological polar surface area (TPSA) is 95.3 Å². The highest BCUT2D eigenvalue weighted by Crippen LogP contribution is 2.33. The second kappa shape index (κ2) is 7.59. The third-order valence-electron chi connectivity index (χ3n) is 5.49. The van der Waals surface area contributed by atoms with Crippen molar-refractivity contribution in [3.63, 3.8) is 0 Å². The number of aromatic nitrogens is 3. The summed E-state index contributed by atoms with van der Waals surface area (Å²) in [6, 6.07) is 8.38. The lowest BCUT2D eigenvalue weighted by Gasteiger charge is -2.32. The number of carbonyl (C=O) groups excluding carboxylic acids is 1. The van der Waals surface area contributed by atoms with E-state index >= 15 is 0 Å². The Balaban J connectivity index is 1.57. The number of amides is 1. The minimum atomic E-state index is -0.258. The zero-order valence-electron chi connectivity index (χ0n) is 16.1. The molecule has 146 valence electrons. The van der Waals surface area contributed by atoms with E-state index in [1.807, 2.05) is 6.20 Å². The van der Waals surface area contributed by atoms with Crippen LogP contribution in [0.2, 0.25) is 0 Å². The molecule has 1 fully saturated rings. The monoisotopic (exact) mass is 380 g/mol. The van der Waals surface area contributed by atoms with Crippen LogP contribution >= 0.6 is 0 Å². The molecule has 7 heteroatoms. The van der Waals surface area contributed by atoms with Gasteiger partial charge in [0.15, 0.2) is 5.69 Å². The Kier molecular flexibility index (Phi) is 5.00. The van der Waals surface area contributed by atoms with Gasteiger partial charge < -0.3 is 14.5 Å². The zero-order valence-corrected chi connectivity index (χ0v) is 16.1. The van der Waals surface area contributed by atoms with Crippen molar-refractivity contribution >= 4 is 5.91 Å². The van der Waals surface area contributed by atoms with Crippen LogP contribution in [0.15, 0.2) is 35.0 Å². The standard InChI is InChI=1S/C21H24N4O3/c1-13-5-7-15(8-6-13)17-10-22-23-19(17)16-4-3-9-25(11-16)21(27)20-18(12-26)14(2)28-24-20/h5-8,10,16,26H,3-4,9,11-12H2,1-2H3,(H,22,23)/t16-/m0/s1. The lowest BCUT2D eigenvalue weighted by Crippen LogP contribution is -2.39. The maximum atomic E-state index is 13.0. The number of hydrogen-bond donors (Lipinski definition) is 2. The van der Waals surface area contributed by atoms with Gasteiger partial charge in [-0.3, -0.25) is 9.89 Å². The van der Waals surface area contributed by atoms with Crippen LogP contribution in [0.3, 0.4) is 0 Å². The quantitative estimate of drug-likeness (QED) is 0.725. The second-order valence-electron chi connectivity index (χ2n) is 7.38. The molecule has 1 aromatic carbocycles. The lowest BCUT2D eigenvalue weighted by molar-refractivity contribution is 0.0692. The molecule has 3 aromatic rings. The van der Waals surface area contributed by atoms with E-state index in [2.05, 4.69) is 46.5 Å². The van der Waals surface area contributed by atoms with Gasteiger partial charge in [-0.15, -0.1) is 0 Å². The number of nitrogens with zero attached hydrogens (tertiary/aromatic N) is 3. The van der Waals surface area contributed by atoms with Gasteiger partial charge in [0.05, 0.1) is 18.4 Å². The molecule has 3 heterocycles. The Morgan fingerprint density at radius 2 is 2.11 bits per heavy atom. The molecule has 4 rings (SSSR count). The lowest BCUT2D eigenvalue weighted by atomic mass is 9.90. The molecule has 0 spiro atoms. The van der Waals surface area contributed by atoms with Crippen LogP contribution in [0.4, 0.5) is 0 Å². The normalized spacial score (nSPS) is 17.1. The van der Waals surface area contributed by atoms with Crippen molar-refractivity contribution in [3.05, 3.63) is 58.7 Å². The Morgan fingerprint density at radius 3 is 2.86 bits per heavy atom. The number of H-pyrrole nitrogens is 1. The van der Waals surface area contributed by atoms with E-state index in [0.29, 0.717) is 24.4 Å². The first-order valence-electron chi connectivity index (χ1n) is 9.54. The largest absolute Gasteiger partial charge is 0.391 e. The number of rotatable bonds is 4. The van der Waals surface area contributed by atoms with Gasteiger partial charge in [-0.25, -0.2) is 0 Å². The van der Waals surface area contributed by atoms with Crippen molar-refractivity contribution in [3.8, 4) is 11.1 Å². The number of hydrogen-bond acceptors (Lipinski definition) is 5. The predicted molar refractivity (Wildman–Crippen MR) is 104 cm³/mol. The molecule has 1 amide bonds. The van der Waals surface area contributed by atoms with Crippen molar-refractivity contribution in [2.24, 2.45) is 0 Å². The summed E-state index contributed by atoms with van der Waals surface area (Å²) in [4.78, 5) is 14.8. The summed E-state index contributed by atoms with van der Waals surface area (Å²) >= 11 is 0. The number of aliphatic hydroxyl groups is 1. The number of aliphatic hydroxyl groups excluding tert-OH is 1. The molecule has 7 nitrogen and oxygen atoms in total. The molecular formula is C21H24N4O3. The van der Waals surface area contributed by atoms with E-state index in [9.17, 15) is 9.90 Å². The van der Waals surface area contributed by atoms with Crippen LogP contribution in [-0.4, -0.2) is 44.4 Å². The van der Waals surface area contributed by atoms with Gasteiger partial charge in [-0.1, -0.05) is 35.0 Å². The van der Waals surface area contributed by atoms with Crippen LogP contribution in [0.25, 0.3) is 11.1 Å². The SMILES string of the molecule is Cc1ccc(-c2cn[nH]c2[C@H]2CCCN(C(=O)c3noc(C)c3CO)C2)cc1. The Bertz CT molecular complexity index is 974. The van der Waals surface area contributed by atoms with E-state index in [4.69, 9.17) is 4.52 Å². The van der Waals surface area contributed by atoms with Gasteiger partial charge in [0.1, 0.15) is 5.76 Å². The van der Waals surface area contributed by atoms with Crippen LogP contribution in [0, 0.1) is 13.8 Å². The summed E-state index contributed by atoms with van der Waals surface area (Å²) in [6.07, 6.45) is 3.73. The summed E-state index contributed by atoms with van der Waals surface area (Å²) in [6.45, 7) is 4.76. The predicted octanol–water partition coefficient (Wildman–Crippen LogP) is 3.19. The number of aromatic amines is 1. The van der Waals surface area contributed by atoms with Gasteiger partial charge >= 0.3 is 0 Å². The number of likely N-dealkylation sites (tertiary alicyclic amines) is 1. The van der Waals surface area contributed by atoms with E-state index in [-0.39, 0.29) is 24.1 Å². The van der Waals surface area contributed by atoms with Crippen LogP contribution in [0.5, 0.6) is 0 Å². The fourth-order valence-corrected chi connectivity index (χ4v) is 3.86. The summed E-state index contributed by atoms with van der Waals surface area (Å²) < 4.78 is 5.11. The minimum absolute atomic E-state index is 0.169. The molecule has 0 radical (unpaired) electrons. The fraction of sp³-hybridized carbons (Fsp3) is 0.381. The first kappa shape index (κ1) is 18.4. The van der Waals surface area contributed by atoms with Crippen molar-refractivity contribution in [1.82, 2.24) is 20.3 Å². The zero-order chi connectivity index (χ0) is 19.7. The Morgan fingerprint density at radius 1 is 1.32 bits per heavy atom. The summed E-state index contributed by atoms with van der Waals surface area (Å²) in [5, 5.41) is 20.8. The maximum absolute atomic E-state index is 13.0. The summed E-state index contributed by atoms with van der Waals surface area (Å²) in [5.41, 5.74) is 5.14. The molecule has 28 heavy (non-hydrogen) atoms. The molecule has 2 N–H and O–H groups in total. The molecule has 1 aliphatic rings. The van der Waals surface area contributed by atoms with E-state index in [1.54, 1.807) is 11.8 Å². The van der Waals surface area contributed by atoms with Crippen LogP contribution in [-0.2, 0) is 6.61 Å². The maximum Gasteiger partial charge on any atom is 0.276 e. The molecule has 0 unspecified atom stereocenters. The molecule has 1 atom stereocenters. The van der Waals surface area contributed by atoms with Crippen LogP contribution < -0.4 is 0 Å². The fourth-order valence-electron chi connectivity index (χ4n) is 3.86. The van der Waals surface area contributed by atoms with Gasteiger partial charge in [0.25, 0.3) is 5.91 Å². The first-order chi connectivity index (χ1) is 13.6. The van der Waals surface area contributed by atoms with Gasteiger partial charge in [0, 0.05) is 30.3 Å². The molecule has 1 saturated heterocycles. The average molecular weight is 380 g/mol. The highest BCUT2D eigenvalue weighted by Gasteiger charge is 2.31. The van der Waals surface area contributed by atoms with Crippen molar-refractivity contribution in [2.75, 3.05) is 13.1 Å². The summed E-state index contributed by atoms with van der Waals surface area (Å²) in [7, 11) is 0. The highest BCUT2D eigenvalue weighted by atomic mass is 16.5. The number of piperidine rings is 1. The van der Waals surface area contributed by atoms with Gasteiger partial charge in [-0.2, -0.15) is 5.10 Å². The Labute approximate surface area is 163 Å². The molecule has 2 aromatic heterocycles. The third-order valence-corrected chi connectivity index (χ3v) is 5.49.